The fraction of sp³-hybridized carbons (Fsp3) is 0.571. The molecule has 1 aliphatic carbocycles. The van der Waals surface area contributed by atoms with Crippen molar-refractivity contribution in [1.29, 1.82) is 0 Å². The van der Waals surface area contributed by atoms with Crippen LogP contribution in [-0.2, 0) is 28.6 Å². The summed E-state index contributed by atoms with van der Waals surface area (Å²) in [7, 11) is 0. The van der Waals surface area contributed by atoms with Crippen LogP contribution in [0.2, 0.25) is 0 Å². The SMILES string of the molecule is C=C1C(=O)O[C@@H]2C/C(C)=C\CC/C(COC(C)=O)=C\[C@H](OC(=O)[C@](C)(O)CO)[C@@H]12. The van der Waals surface area contributed by atoms with Gasteiger partial charge >= 0.3 is 17.9 Å². The van der Waals surface area contributed by atoms with Gasteiger partial charge in [-0.2, -0.15) is 0 Å². The minimum absolute atomic E-state index is 0.00529. The second kappa shape index (κ2) is 9.37. The van der Waals surface area contributed by atoms with E-state index in [-0.39, 0.29) is 12.2 Å². The number of hydrogen-bond donors (Lipinski definition) is 2. The summed E-state index contributed by atoms with van der Waals surface area (Å²) in [5, 5.41) is 19.3. The summed E-state index contributed by atoms with van der Waals surface area (Å²) in [6.07, 6.45) is 3.73. The van der Waals surface area contributed by atoms with Crippen LogP contribution in [0.25, 0.3) is 0 Å². The highest BCUT2D eigenvalue weighted by atomic mass is 16.6. The number of aliphatic hydroxyl groups is 2. The lowest BCUT2D eigenvalue weighted by atomic mass is 9.85. The number of carbonyl (C=O) groups excluding carboxylic acids is 3. The molecular weight excluding hydrogens is 380 g/mol. The maximum Gasteiger partial charge on any atom is 0.340 e. The molecule has 2 rings (SSSR count). The van der Waals surface area contributed by atoms with Gasteiger partial charge in [-0.25, -0.2) is 9.59 Å². The summed E-state index contributed by atoms with van der Waals surface area (Å²) in [5.74, 6) is -2.73. The van der Waals surface area contributed by atoms with Gasteiger partial charge in [-0.05, 0) is 38.3 Å². The molecule has 1 heterocycles. The molecule has 1 fully saturated rings. The molecule has 0 bridgehead atoms. The average Bonchev–Trinajstić information content (AvgIpc) is 2.91. The Morgan fingerprint density at radius 3 is 2.72 bits per heavy atom. The highest BCUT2D eigenvalue weighted by Gasteiger charge is 2.46. The Hall–Kier alpha value is -2.45. The average molecular weight is 408 g/mol. The smallest absolute Gasteiger partial charge is 0.340 e. The van der Waals surface area contributed by atoms with Crippen LogP contribution in [0.3, 0.4) is 0 Å². The molecule has 2 aliphatic rings. The summed E-state index contributed by atoms with van der Waals surface area (Å²) in [4.78, 5) is 35.8. The molecule has 1 saturated heterocycles. The number of hydrogen-bond acceptors (Lipinski definition) is 8. The van der Waals surface area contributed by atoms with E-state index in [0.29, 0.717) is 24.8 Å². The zero-order chi connectivity index (χ0) is 21.8. The Balaban J connectivity index is 2.44. The minimum Gasteiger partial charge on any atom is -0.461 e. The van der Waals surface area contributed by atoms with Gasteiger partial charge in [0.05, 0.1) is 12.5 Å². The fourth-order valence-corrected chi connectivity index (χ4v) is 3.29. The standard InChI is InChI=1S/C21H28O8/c1-12-6-5-7-15(10-27-14(3)23)9-17(29-20(25)21(4,26)11-22)18-13(2)19(24)28-16(18)8-12/h6,9,16-18,22,26H,2,5,7-8,10-11H2,1,3-4H3/b12-6-,15-9+/t16-,17+,18+,21-/m1/s1. The first kappa shape index (κ1) is 22.8. The largest absolute Gasteiger partial charge is 0.461 e. The summed E-state index contributed by atoms with van der Waals surface area (Å²) in [6, 6.07) is 0. The lowest BCUT2D eigenvalue weighted by Crippen LogP contribution is -2.44. The van der Waals surface area contributed by atoms with E-state index >= 15 is 0 Å². The van der Waals surface area contributed by atoms with Crippen LogP contribution in [0.4, 0.5) is 0 Å². The molecule has 1 aliphatic heterocycles. The first-order valence-corrected chi connectivity index (χ1v) is 9.47. The predicted octanol–water partition coefficient (Wildman–Crippen LogP) is 1.36. The number of allylic oxidation sites excluding steroid dienone is 1. The van der Waals surface area contributed by atoms with Crippen LogP contribution >= 0.6 is 0 Å². The van der Waals surface area contributed by atoms with Crippen LogP contribution in [0.1, 0.15) is 40.0 Å². The lowest BCUT2D eigenvalue weighted by molar-refractivity contribution is -0.173. The van der Waals surface area contributed by atoms with Gasteiger partial charge < -0.3 is 24.4 Å². The Morgan fingerprint density at radius 2 is 2.10 bits per heavy atom. The monoisotopic (exact) mass is 408 g/mol. The van der Waals surface area contributed by atoms with Crippen molar-refractivity contribution < 1.29 is 38.8 Å². The quantitative estimate of drug-likeness (QED) is 0.303. The van der Waals surface area contributed by atoms with E-state index in [1.807, 2.05) is 13.0 Å². The van der Waals surface area contributed by atoms with Gasteiger partial charge in [0.15, 0.2) is 5.60 Å². The zero-order valence-electron chi connectivity index (χ0n) is 17.0. The maximum atomic E-state index is 12.4. The first-order valence-electron chi connectivity index (χ1n) is 9.47. The number of esters is 3. The molecule has 0 aromatic heterocycles. The van der Waals surface area contributed by atoms with Crippen LogP contribution in [0.5, 0.6) is 0 Å². The van der Waals surface area contributed by atoms with Gasteiger partial charge in [0, 0.05) is 18.9 Å². The minimum atomic E-state index is -2.10. The van der Waals surface area contributed by atoms with Crippen LogP contribution in [0.15, 0.2) is 35.5 Å². The Morgan fingerprint density at radius 1 is 1.41 bits per heavy atom. The van der Waals surface area contributed by atoms with Gasteiger partial charge in [0.25, 0.3) is 0 Å². The number of aliphatic hydroxyl groups excluding tert-OH is 1. The third-order valence-electron chi connectivity index (χ3n) is 5.01. The summed E-state index contributed by atoms with van der Waals surface area (Å²) in [5.41, 5.74) is -0.245. The summed E-state index contributed by atoms with van der Waals surface area (Å²) in [6.45, 7) is 7.32. The second-order valence-electron chi connectivity index (χ2n) is 7.70. The van der Waals surface area contributed by atoms with Crippen LogP contribution < -0.4 is 0 Å². The molecule has 0 saturated carbocycles. The van der Waals surface area contributed by atoms with Crippen molar-refractivity contribution in [3.8, 4) is 0 Å². The first-order chi connectivity index (χ1) is 13.5. The maximum absolute atomic E-state index is 12.4. The highest BCUT2D eigenvalue weighted by molar-refractivity contribution is 5.91. The van der Waals surface area contributed by atoms with Crippen molar-refractivity contribution in [3.63, 3.8) is 0 Å². The Kier molecular flexibility index (Phi) is 7.37. The number of rotatable bonds is 5. The molecule has 0 radical (unpaired) electrons. The van der Waals surface area contributed by atoms with Gasteiger partial charge in [-0.1, -0.05) is 18.2 Å². The summed E-state index contributed by atoms with van der Waals surface area (Å²) >= 11 is 0. The van der Waals surface area contributed by atoms with Crippen molar-refractivity contribution in [1.82, 2.24) is 0 Å². The van der Waals surface area contributed by atoms with Gasteiger partial charge in [0.1, 0.15) is 18.8 Å². The van der Waals surface area contributed by atoms with E-state index in [9.17, 15) is 24.6 Å². The molecule has 0 unspecified atom stereocenters. The second-order valence-corrected chi connectivity index (χ2v) is 7.70. The molecule has 0 amide bonds. The summed E-state index contributed by atoms with van der Waals surface area (Å²) < 4.78 is 16.0. The van der Waals surface area contributed by atoms with Crippen molar-refractivity contribution in [2.24, 2.45) is 5.92 Å². The Bertz CT molecular complexity index is 746. The van der Waals surface area contributed by atoms with Crippen molar-refractivity contribution in [3.05, 3.63) is 35.5 Å². The number of fused-ring (bicyclic) bond motifs is 1. The van der Waals surface area contributed by atoms with E-state index < -0.39 is 48.2 Å². The molecule has 4 atom stereocenters. The molecule has 0 aromatic carbocycles. The molecule has 0 spiro atoms. The van der Waals surface area contributed by atoms with E-state index in [1.165, 1.54) is 6.92 Å². The molecular formula is C21H28O8. The van der Waals surface area contributed by atoms with E-state index in [1.54, 1.807) is 6.08 Å². The topological polar surface area (TPSA) is 119 Å². The normalized spacial score (nSPS) is 30.6. The van der Waals surface area contributed by atoms with Crippen molar-refractivity contribution in [2.45, 2.75) is 57.8 Å². The number of carbonyl (C=O) groups is 3. The number of ether oxygens (including phenoxy) is 3. The zero-order valence-corrected chi connectivity index (χ0v) is 17.0. The van der Waals surface area contributed by atoms with Crippen molar-refractivity contribution >= 4 is 17.9 Å². The van der Waals surface area contributed by atoms with Crippen LogP contribution in [-0.4, -0.2) is 59.1 Å². The van der Waals surface area contributed by atoms with Crippen LogP contribution in [0, 0.1) is 5.92 Å². The van der Waals surface area contributed by atoms with E-state index in [0.717, 1.165) is 12.5 Å². The predicted molar refractivity (Wildman–Crippen MR) is 102 cm³/mol. The third-order valence-corrected chi connectivity index (χ3v) is 5.01. The molecule has 8 nitrogen and oxygen atoms in total. The van der Waals surface area contributed by atoms with E-state index in [4.69, 9.17) is 14.2 Å². The van der Waals surface area contributed by atoms with Gasteiger partial charge in [-0.3, -0.25) is 4.79 Å². The highest BCUT2D eigenvalue weighted by Crippen LogP contribution is 2.37. The molecule has 8 heteroatoms. The molecule has 0 aromatic rings. The third kappa shape index (κ3) is 5.77. The molecule has 160 valence electrons. The van der Waals surface area contributed by atoms with Crippen molar-refractivity contribution in [2.75, 3.05) is 13.2 Å². The van der Waals surface area contributed by atoms with E-state index in [2.05, 4.69) is 6.58 Å². The Labute approximate surface area is 169 Å². The van der Waals surface area contributed by atoms with Gasteiger partial charge in [-0.15, -0.1) is 0 Å². The fourth-order valence-electron chi connectivity index (χ4n) is 3.29. The molecule has 2 N–H and O–H groups in total. The lowest BCUT2D eigenvalue weighted by Gasteiger charge is -2.29. The molecule has 29 heavy (non-hydrogen) atoms. The van der Waals surface area contributed by atoms with Gasteiger partial charge in [0.2, 0.25) is 0 Å².